The predicted octanol–water partition coefficient (Wildman–Crippen LogP) is 2.07. The Labute approximate surface area is 119 Å². The van der Waals surface area contributed by atoms with Crippen molar-refractivity contribution < 1.29 is 9.47 Å². The number of nitrogens with zero attached hydrogens (tertiary/aromatic N) is 1. The van der Waals surface area contributed by atoms with Gasteiger partial charge in [-0.05, 0) is 18.6 Å². The number of hydrogen-bond acceptors (Lipinski definition) is 4. The van der Waals surface area contributed by atoms with E-state index in [0.717, 1.165) is 30.8 Å². The van der Waals surface area contributed by atoms with Gasteiger partial charge < -0.3 is 15.2 Å². The van der Waals surface area contributed by atoms with Crippen molar-refractivity contribution in [2.75, 3.05) is 33.9 Å². The van der Waals surface area contributed by atoms with Gasteiger partial charge in [-0.15, -0.1) is 0 Å². The molecule has 0 bridgehead atoms. The van der Waals surface area contributed by atoms with Crippen LogP contribution in [0.15, 0.2) is 18.2 Å². The number of ether oxygens (including phenoxy) is 2. The lowest BCUT2D eigenvalue weighted by molar-refractivity contribution is 0.138. The zero-order chi connectivity index (χ0) is 13.8. The Balaban J connectivity index is 2.31. The number of benzene rings is 1. The molecule has 19 heavy (non-hydrogen) atoms. The largest absolute Gasteiger partial charge is 0.496 e. The van der Waals surface area contributed by atoms with E-state index in [1.165, 1.54) is 0 Å². The van der Waals surface area contributed by atoms with Crippen LogP contribution >= 0.6 is 11.6 Å². The van der Waals surface area contributed by atoms with Crippen LogP contribution in [0.25, 0.3) is 0 Å². The Hall–Kier alpha value is -0.810. The first-order chi connectivity index (χ1) is 9.19. The highest BCUT2D eigenvalue weighted by atomic mass is 35.5. The van der Waals surface area contributed by atoms with Crippen LogP contribution in [-0.4, -0.2) is 44.9 Å². The molecule has 1 fully saturated rings. The second-order valence-corrected chi connectivity index (χ2v) is 5.19. The lowest BCUT2D eigenvalue weighted by atomic mass is 9.99. The number of nitrogens with two attached hydrogens (primary N) is 1. The fourth-order valence-electron chi connectivity index (χ4n) is 2.72. The zero-order valence-electron chi connectivity index (χ0n) is 11.4. The van der Waals surface area contributed by atoms with E-state index in [2.05, 4.69) is 4.90 Å². The summed E-state index contributed by atoms with van der Waals surface area (Å²) in [4.78, 5) is 2.32. The highest BCUT2D eigenvalue weighted by Crippen LogP contribution is 2.40. The van der Waals surface area contributed by atoms with Crippen molar-refractivity contribution in [2.45, 2.75) is 18.5 Å². The molecule has 0 radical (unpaired) electrons. The minimum absolute atomic E-state index is 0.0747. The van der Waals surface area contributed by atoms with Crippen LogP contribution in [0.1, 0.15) is 18.0 Å². The van der Waals surface area contributed by atoms with Gasteiger partial charge in [0.25, 0.3) is 0 Å². The van der Waals surface area contributed by atoms with Gasteiger partial charge >= 0.3 is 0 Å². The first-order valence-electron chi connectivity index (χ1n) is 6.50. The first-order valence-corrected chi connectivity index (χ1v) is 6.87. The molecule has 0 spiro atoms. The smallest absolute Gasteiger partial charge is 0.125 e. The zero-order valence-corrected chi connectivity index (χ0v) is 12.2. The summed E-state index contributed by atoms with van der Waals surface area (Å²) < 4.78 is 10.6. The normalized spacial score (nSPS) is 23.8. The molecule has 1 aliphatic heterocycles. The summed E-state index contributed by atoms with van der Waals surface area (Å²) in [5.74, 6) is 0.803. The molecular formula is C14H21ClN2O2. The van der Waals surface area contributed by atoms with E-state index in [-0.39, 0.29) is 12.1 Å². The maximum absolute atomic E-state index is 6.36. The third kappa shape index (κ3) is 3.03. The number of likely N-dealkylation sites (tertiary alicyclic amines) is 1. The molecule has 2 N–H and O–H groups in total. The highest BCUT2D eigenvalue weighted by Gasteiger charge is 2.35. The number of methoxy groups -OCH3 is 2. The van der Waals surface area contributed by atoms with Crippen LogP contribution < -0.4 is 10.5 Å². The molecule has 0 aromatic heterocycles. The van der Waals surface area contributed by atoms with Gasteiger partial charge in [0.1, 0.15) is 5.75 Å². The van der Waals surface area contributed by atoms with Crippen molar-refractivity contribution >= 4 is 11.6 Å². The molecule has 1 aliphatic rings. The molecule has 1 heterocycles. The van der Waals surface area contributed by atoms with E-state index in [1.54, 1.807) is 14.2 Å². The SMILES string of the molecule is COCCN1CCC(N)C1c1c(Cl)cccc1OC. The van der Waals surface area contributed by atoms with Crippen molar-refractivity contribution in [3.05, 3.63) is 28.8 Å². The molecule has 0 saturated carbocycles. The summed E-state index contributed by atoms with van der Waals surface area (Å²) in [6, 6.07) is 5.88. The van der Waals surface area contributed by atoms with Gasteiger partial charge in [-0.1, -0.05) is 17.7 Å². The van der Waals surface area contributed by atoms with E-state index in [4.69, 9.17) is 26.8 Å². The average molecular weight is 285 g/mol. The van der Waals surface area contributed by atoms with Crippen molar-refractivity contribution in [3.8, 4) is 5.75 Å². The van der Waals surface area contributed by atoms with Gasteiger partial charge in [-0.3, -0.25) is 4.90 Å². The first kappa shape index (κ1) is 14.6. The van der Waals surface area contributed by atoms with Crippen LogP contribution in [0.2, 0.25) is 5.02 Å². The van der Waals surface area contributed by atoms with E-state index in [1.807, 2.05) is 18.2 Å². The molecule has 1 saturated heterocycles. The summed E-state index contributed by atoms with van der Waals surface area (Å²) >= 11 is 6.36. The van der Waals surface area contributed by atoms with Crippen LogP contribution in [0.3, 0.4) is 0 Å². The summed E-state index contributed by atoms with van der Waals surface area (Å²) in [7, 11) is 3.37. The van der Waals surface area contributed by atoms with Crippen LogP contribution in [0, 0.1) is 0 Å². The maximum Gasteiger partial charge on any atom is 0.125 e. The Bertz CT molecular complexity index is 428. The highest BCUT2D eigenvalue weighted by molar-refractivity contribution is 6.31. The van der Waals surface area contributed by atoms with Gasteiger partial charge in [0.05, 0.1) is 19.8 Å². The Morgan fingerprint density at radius 3 is 2.89 bits per heavy atom. The van der Waals surface area contributed by atoms with E-state index in [0.29, 0.717) is 11.6 Å². The van der Waals surface area contributed by atoms with Gasteiger partial charge in [-0.2, -0.15) is 0 Å². The van der Waals surface area contributed by atoms with E-state index in [9.17, 15) is 0 Å². The van der Waals surface area contributed by atoms with Gasteiger partial charge in [-0.25, -0.2) is 0 Å². The summed E-state index contributed by atoms with van der Waals surface area (Å²) in [5.41, 5.74) is 7.26. The van der Waals surface area contributed by atoms with Crippen molar-refractivity contribution in [2.24, 2.45) is 5.73 Å². The minimum Gasteiger partial charge on any atom is -0.496 e. The summed E-state index contributed by atoms with van der Waals surface area (Å²) in [5, 5.41) is 0.712. The third-order valence-corrected chi connectivity index (χ3v) is 3.99. The maximum atomic E-state index is 6.36. The fraction of sp³-hybridized carbons (Fsp3) is 0.571. The van der Waals surface area contributed by atoms with Crippen molar-refractivity contribution in [3.63, 3.8) is 0 Å². The molecule has 2 unspecified atom stereocenters. The number of hydrogen-bond donors (Lipinski definition) is 1. The lowest BCUT2D eigenvalue weighted by Crippen LogP contribution is -2.34. The van der Waals surface area contributed by atoms with Crippen LogP contribution in [0.4, 0.5) is 0 Å². The quantitative estimate of drug-likeness (QED) is 0.899. The fourth-order valence-corrected chi connectivity index (χ4v) is 3.00. The lowest BCUT2D eigenvalue weighted by Gasteiger charge is -2.28. The third-order valence-electron chi connectivity index (χ3n) is 3.66. The number of halogens is 1. The Morgan fingerprint density at radius 2 is 2.21 bits per heavy atom. The summed E-state index contributed by atoms with van der Waals surface area (Å²) in [6.07, 6.45) is 0.961. The van der Waals surface area contributed by atoms with Gasteiger partial charge in [0.15, 0.2) is 0 Å². The van der Waals surface area contributed by atoms with Crippen molar-refractivity contribution in [1.82, 2.24) is 4.90 Å². The minimum atomic E-state index is 0.0747. The average Bonchev–Trinajstić information content (AvgIpc) is 2.77. The van der Waals surface area contributed by atoms with Crippen LogP contribution in [0.5, 0.6) is 5.75 Å². The van der Waals surface area contributed by atoms with Gasteiger partial charge in [0.2, 0.25) is 0 Å². The molecule has 2 atom stereocenters. The summed E-state index contributed by atoms with van der Waals surface area (Å²) in [6.45, 7) is 2.50. The Morgan fingerprint density at radius 1 is 1.42 bits per heavy atom. The Kier molecular flexibility index (Phi) is 5.05. The van der Waals surface area contributed by atoms with E-state index < -0.39 is 0 Å². The second-order valence-electron chi connectivity index (χ2n) is 4.78. The standard InChI is InChI=1S/C14H21ClN2O2/c1-18-9-8-17-7-6-11(16)14(17)13-10(15)4-3-5-12(13)19-2/h3-5,11,14H,6-9,16H2,1-2H3. The molecule has 1 aromatic carbocycles. The molecule has 0 aliphatic carbocycles. The second kappa shape index (κ2) is 6.57. The molecule has 4 nitrogen and oxygen atoms in total. The molecular weight excluding hydrogens is 264 g/mol. The predicted molar refractivity (Wildman–Crippen MR) is 76.8 cm³/mol. The topological polar surface area (TPSA) is 47.7 Å². The van der Waals surface area contributed by atoms with Gasteiger partial charge in [0, 0.05) is 36.8 Å². The molecule has 1 aromatic rings. The van der Waals surface area contributed by atoms with E-state index >= 15 is 0 Å². The van der Waals surface area contributed by atoms with Crippen molar-refractivity contribution in [1.29, 1.82) is 0 Å². The molecule has 5 heteroatoms. The number of rotatable bonds is 5. The molecule has 0 amide bonds. The molecule has 2 rings (SSSR count). The monoisotopic (exact) mass is 284 g/mol. The van der Waals surface area contributed by atoms with Crippen LogP contribution in [-0.2, 0) is 4.74 Å². The molecule has 106 valence electrons.